The van der Waals surface area contributed by atoms with Gasteiger partial charge in [0.25, 0.3) is 0 Å². The highest BCUT2D eigenvalue weighted by Gasteiger charge is 2.30. The fourth-order valence-electron chi connectivity index (χ4n) is 4.07. The fraction of sp³-hybridized carbons (Fsp3) is 0.160. The van der Waals surface area contributed by atoms with Crippen molar-refractivity contribution in [1.29, 1.82) is 0 Å². The number of nitrogens with zero attached hydrogens (tertiary/aromatic N) is 4. The summed E-state index contributed by atoms with van der Waals surface area (Å²) in [7, 11) is -3.69. The van der Waals surface area contributed by atoms with Crippen molar-refractivity contribution in [3.05, 3.63) is 90.3 Å². The third kappa shape index (κ3) is 3.67. The number of sulfonamides is 1. The minimum atomic E-state index is -3.69. The molecule has 5 aromatic rings. The summed E-state index contributed by atoms with van der Waals surface area (Å²) in [6.07, 6.45) is 2.18. The van der Waals surface area contributed by atoms with E-state index in [4.69, 9.17) is 5.10 Å². The summed E-state index contributed by atoms with van der Waals surface area (Å²) in [6, 6.07) is 24.3. The molecule has 3 aromatic carbocycles. The molecule has 8 heteroatoms. The van der Waals surface area contributed by atoms with Gasteiger partial charge in [-0.05, 0) is 30.5 Å². The van der Waals surface area contributed by atoms with E-state index in [0.717, 1.165) is 46.2 Å². The average molecular weight is 456 g/mol. The van der Waals surface area contributed by atoms with Gasteiger partial charge >= 0.3 is 0 Å². The normalized spacial score (nSPS) is 14.2. The van der Waals surface area contributed by atoms with Gasteiger partial charge in [-0.1, -0.05) is 66.7 Å². The van der Waals surface area contributed by atoms with Crippen molar-refractivity contribution in [3.63, 3.8) is 0 Å². The minimum Gasteiger partial charge on any atom is -0.207 e. The quantitative estimate of drug-likeness (QED) is 0.412. The molecule has 2 aromatic heterocycles. The lowest BCUT2D eigenvalue weighted by Crippen LogP contribution is -2.23. The highest BCUT2D eigenvalue weighted by atomic mass is 32.2. The molecule has 7 nitrogen and oxygen atoms in total. The summed E-state index contributed by atoms with van der Waals surface area (Å²) in [5.74, 6) is 1.25. The van der Waals surface area contributed by atoms with Crippen LogP contribution >= 0.6 is 0 Å². The molecule has 0 saturated heterocycles. The number of nitrogens with one attached hydrogen (secondary N) is 1. The van der Waals surface area contributed by atoms with Gasteiger partial charge in [0, 0.05) is 28.8 Å². The smallest absolute Gasteiger partial charge is 0.207 e. The molecule has 1 aliphatic rings. The Morgan fingerprint density at radius 1 is 0.879 bits per heavy atom. The van der Waals surface area contributed by atoms with E-state index in [0.29, 0.717) is 11.6 Å². The van der Waals surface area contributed by atoms with Crippen molar-refractivity contribution in [1.82, 2.24) is 24.5 Å². The van der Waals surface area contributed by atoms with Crippen molar-refractivity contribution in [2.24, 2.45) is 0 Å². The second-order valence-electron chi connectivity index (χ2n) is 8.30. The maximum atomic E-state index is 13.0. The standard InChI is InChI=1S/C25H21N5O2S/c31-33(32,26-16-17-7-2-1-3-8-17)20-10-6-9-19(15-20)23-21-11-4-5-12-22(21)25-28-27-24(18-13-14-18)30(25)29-23/h1-12,15,18,26H,13-14,16H2. The topological polar surface area (TPSA) is 89.2 Å². The number of aromatic nitrogens is 4. The third-order valence-electron chi connectivity index (χ3n) is 5.96. The lowest BCUT2D eigenvalue weighted by molar-refractivity contribution is 0.581. The highest BCUT2D eigenvalue weighted by molar-refractivity contribution is 7.89. The predicted octanol–water partition coefficient (Wildman–Crippen LogP) is 4.30. The van der Waals surface area contributed by atoms with E-state index in [1.54, 1.807) is 18.2 Å². The van der Waals surface area contributed by atoms with E-state index in [2.05, 4.69) is 14.9 Å². The SMILES string of the molecule is O=S(=O)(NCc1ccccc1)c1cccc(-c2nn3c(C4CC4)nnc3c3ccccc23)c1. The first-order valence-corrected chi connectivity index (χ1v) is 12.4. The Bertz CT molecular complexity index is 1590. The second-order valence-corrected chi connectivity index (χ2v) is 10.1. The molecule has 0 amide bonds. The van der Waals surface area contributed by atoms with E-state index in [9.17, 15) is 8.42 Å². The lowest BCUT2D eigenvalue weighted by Gasteiger charge is -2.11. The lowest BCUT2D eigenvalue weighted by atomic mass is 10.0. The van der Waals surface area contributed by atoms with Crippen LogP contribution in [-0.4, -0.2) is 28.2 Å². The molecule has 0 atom stereocenters. The molecule has 1 fully saturated rings. The first-order valence-electron chi connectivity index (χ1n) is 10.9. The van der Waals surface area contributed by atoms with Crippen LogP contribution in [0.3, 0.4) is 0 Å². The van der Waals surface area contributed by atoms with E-state index < -0.39 is 10.0 Å². The first kappa shape index (κ1) is 20.0. The maximum Gasteiger partial charge on any atom is 0.240 e. The van der Waals surface area contributed by atoms with E-state index in [1.165, 1.54) is 0 Å². The van der Waals surface area contributed by atoms with Crippen LogP contribution in [0, 0.1) is 0 Å². The Morgan fingerprint density at radius 3 is 2.42 bits per heavy atom. The molecule has 0 unspecified atom stereocenters. The largest absolute Gasteiger partial charge is 0.240 e. The van der Waals surface area contributed by atoms with Crippen LogP contribution in [0.1, 0.15) is 30.1 Å². The van der Waals surface area contributed by atoms with Gasteiger partial charge in [-0.2, -0.15) is 9.61 Å². The molecule has 2 heterocycles. The van der Waals surface area contributed by atoms with Crippen molar-refractivity contribution in [3.8, 4) is 11.3 Å². The van der Waals surface area contributed by atoms with Gasteiger partial charge in [0.15, 0.2) is 11.5 Å². The van der Waals surface area contributed by atoms with Gasteiger partial charge in [-0.3, -0.25) is 0 Å². The zero-order valence-corrected chi connectivity index (χ0v) is 18.5. The van der Waals surface area contributed by atoms with Gasteiger partial charge < -0.3 is 0 Å². The number of benzene rings is 3. The molecular weight excluding hydrogens is 434 g/mol. The molecule has 164 valence electrons. The van der Waals surface area contributed by atoms with Crippen molar-refractivity contribution in [2.75, 3.05) is 0 Å². The van der Waals surface area contributed by atoms with Crippen molar-refractivity contribution < 1.29 is 8.42 Å². The highest BCUT2D eigenvalue weighted by Crippen LogP contribution is 2.40. The zero-order valence-electron chi connectivity index (χ0n) is 17.7. The fourth-order valence-corrected chi connectivity index (χ4v) is 5.14. The zero-order chi connectivity index (χ0) is 22.4. The monoisotopic (exact) mass is 455 g/mol. The predicted molar refractivity (Wildman–Crippen MR) is 126 cm³/mol. The van der Waals surface area contributed by atoms with Crippen LogP contribution in [-0.2, 0) is 16.6 Å². The number of hydrogen-bond acceptors (Lipinski definition) is 5. The van der Waals surface area contributed by atoms with Gasteiger partial charge in [-0.15, -0.1) is 10.2 Å². The minimum absolute atomic E-state index is 0.202. The first-order chi connectivity index (χ1) is 16.1. The van der Waals surface area contributed by atoms with E-state index >= 15 is 0 Å². The van der Waals surface area contributed by atoms with Crippen molar-refractivity contribution in [2.45, 2.75) is 30.2 Å². The molecule has 0 spiro atoms. The third-order valence-corrected chi connectivity index (χ3v) is 7.36. The Hall–Kier alpha value is -3.62. The summed E-state index contributed by atoms with van der Waals surface area (Å²) in [5, 5.41) is 15.5. The van der Waals surface area contributed by atoms with Crippen LogP contribution in [0.15, 0.2) is 83.8 Å². The summed E-state index contributed by atoms with van der Waals surface area (Å²) in [4.78, 5) is 0.202. The van der Waals surface area contributed by atoms with Crippen molar-refractivity contribution >= 4 is 26.4 Å². The maximum absolute atomic E-state index is 13.0. The van der Waals surface area contributed by atoms with Gasteiger partial charge in [0.1, 0.15) is 0 Å². The van der Waals surface area contributed by atoms with Crippen LogP contribution in [0.25, 0.3) is 27.7 Å². The molecular formula is C25H21N5O2S. The number of hydrogen-bond donors (Lipinski definition) is 1. The molecule has 0 radical (unpaired) electrons. The molecule has 1 N–H and O–H groups in total. The van der Waals surface area contributed by atoms with Gasteiger partial charge in [0.05, 0.1) is 10.6 Å². The molecule has 6 rings (SSSR count). The van der Waals surface area contributed by atoms with Crippen LogP contribution in [0.4, 0.5) is 0 Å². The van der Waals surface area contributed by atoms with Crippen LogP contribution in [0.2, 0.25) is 0 Å². The number of rotatable bonds is 6. The Balaban J connectivity index is 1.44. The van der Waals surface area contributed by atoms with Gasteiger partial charge in [0.2, 0.25) is 10.0 Å². The molecule has 0 aliphatic heterocycles. The van der Waals surface area contributed by atoms with Gasteiger partial charge in [-0.25, -0.2) is 13.1 Å². The summed E-state index contributed by atoms with van der Waals surface area (Å²) in [5.41, 5.74) is 3.06. The average Bonchev–Trinajstić information content (AvgIpc) is 3.61. The molecule has 1 saturated carbocycles. The molecule has 0 bridgehead atoms. The molecule has 33 heavy (non-hydrogen) atoms. The van der Waals surface area contributed by atoms with Crippen LogP contribution in [0.5, 0.6) is 0 Å². The number of fused-ring (bicyclic) bond motifs is 3. The summed E-state index contributed by atoms with van der Waals surface area (Å²) in [6.45, 7) is 0.228. The summed E-state index contributed by atoms with van der Waals surface area (Å²) >= 11 is 0. The Morgan fingerprint density at radius 2 is 1.64 bits per heavy atom. The Kier molecular flexibility index (Phi) is 4.70. The second kappa shape index (κ2) is 7.75. The van der Waals surface area contributed by atoms with Crippen LogP contribution < -0.4 is 4.72 Å². The van der Waals surface area contributed by atoms with E-state index in [1.807, 2.05) is 65.2 Å². The van der Waals surface area contributed by atoms with E-state index in [-0.39, 0.29) is 11.4 Å². The Labute approximate surface area is 191 Å². The molecule has 1 aliphatic carbocycles. The summed E-state index contributed by atoms with van der Waals surface area (Å²) < 4.78 is 30.6.